The van der Waals surface area contributed by atoms with E-state index >= 15 is 0 Å². The Labute approximate surface area is 105 Å². The molecule has 6 nitrogen and oxygen atoms in total. The van der Waals surface area contributed by atoms with Crippen molar-refractivity contribution >= 4 is 11.4 Å². The van der Waals surface area contributed by atoms with E-state index in [0.29, 0.717) is 13.2 Å². The quantitative estimate of drug-likeness (QED) is 0.606. The van der Waals surface area contributed by atoms with Gasteiger partial charge in [-0.1, -0.05) is 0 Å². The van der Waals surface area contributed by atoms with Gasteiger partial charge in [-0.2, -0.15) is 0 Å². The van der Waals surface area contributed by atoms with Gasteiger partial charge in [-0.15, -0.1) is 0 Å². The Kier molecular flexibility index (Phi) is 3.66. The van der Waals surface area contributed by atoms with E-state index in [1.165, 1.54) is 13.2 Å². The topological polar surface area (TPSA) is 64.8 Å². The maximum Gasteiger partial charge on any atom is 0.311 e. The average Bonchev–Trinajstić information content (AvgIpc) is 2.38. The van der Waals surface area contributed by atoms with Gasteiger partial charge in [0, 0.05) is 30.4 Å². The van der Waals surface area contributed by atoms with Gasteiger partial charge in [-0.05, 0) is 13.0 Å². The van der Waals surface area contributed by atoms with Crippen molar-refractivity contribution in [3.05, 3.63) is 28.3 Å². The van der Waals surface area contributed by atoms with E-state index in [2.05, 4.69) is 11.8 Å². The fourth-order valence-electron chi connectivity index (χ4n) is 2.11. The molecule has 1 aromatic carbocycles. The van der Waals surface area contributed by atoms with Crippen LogP contribution in [0.3, 0.4) is 0 Å². The van der Waals surface area contributed by atoms with Crippen LogP contribution in [0.15, 0.2) is 18.2 Å². The first-order chi connectivity index (χ1) is 8.63. The number of rotatable bonds is 3. The highest BCUT2D eigenvalue weighted by Gasteiger charge is 2.22. The molecule has 18 heavy (non-hydrogen) atoms. The average molecular weight is 252 g/mol. The van der Waals surface area contributed by atoms with Crippen LogP contribution in [0.5, 0.6) is 5.75 Å². The predicted octanol–water partition coefficient (Wildman–Crippen LogP) is 1.83. The zero-order valence-electron chi connectivity index (χ0n) is 10.5. The van der Waals surface area contributed by atoms with Gasteiger partial charge in [0.25, 0.3) is 0 Å². The van der Waals surface area contributed by atoms with Crippen LogP contribution in [-0.4, -0.2) is 37.8 Å². The molecule has 98 valence electrons. The van der Waals surface area contributed by atoms with Crippen molar-refractivity contribution in [3.8, 4) is 5.75 Å². The summed E-state index contributed by atoms with van der Waals surface area (Å²) in [6, 6.07) is 5.20. The standard InChI is InChI=1S/C12H16N2O4/c1-9-8-18-6-5-13(9)10-3-4-11(14(15)16)12(7-10)17-2/h3-4,7,9H,5-6,8H2,1-2H3/t9-/m1/s1. The lowest BCUT2D eigenvalue weighted by Gasteiger charge is -2.35. The minimum Gasteiger partial charge on any atom is -0.490 e. The second-order valence-electron chi connectivity index (χ2n) is 4.23. The van der Waals surface area contributed by atoms with Gasteiger partial charge in [0.1, 0.15) is 0 Å². The third kappa shape index (κ3) is 2.38. The summed E-state index contributed by atoms with van der Waals surface area (Å²) in [5, 5.41) is 10.8. The number of nitro benzene ring substituents is 1. The van der Waals surface area contributed by atoms with Gasteiger partial charge in [0.05, 0.1) is 25.2 Å². The van der Waals surface area contributed by atoms with Crippen LogP contribution in [0.1, 0.15) is 6.92 Å². The number of methoxy groups -OCH3 is 1. The number of nitro groups is 1. The molecule has 1 atom stereocenters. The Morgan fingerprint density at radius 2 is 2.33 bits per heavy atom. The number of hydrogen-bond donors (Lipinski definition) is 0. The van der Waals surface area contributed by atoms with E-state index in [4.69, 9.17) is 9.47 Å². The lowest BCUT2D eigenvalue weighted by molar-refractivity contribution is -0.385. The number of benzene rings is 1. The molecule has 1 fully saturated rings. The lowest BCUT2D eigenvalue weighted by atomic mass is 10.2. The highest BCUT2D eigenvalue weighted by molar-refractivity contribution is 5.59. The number of hydrogen-bond acceptors (Lipinski definition) is 5. The van der Waals surface area contributed by atoms with Gasteiger partial charge < -0.3 is 14.4 Å². The number of ether oxygens (including phenoxy) is 2. The molecule has 0 spiro atoms. The van der Waals surface area contributed by atoms with E-state index in [-0.39, 0.29) is 17.5 Å². The van der Waals surface area contributed by atoms with Crippen LogP contribution in [0.25, 0.3) is 0 Å². The first-order valence-corrected chi connectivity index (χ1v) is 5.80. The van der Waals surface area contributed by atoms with Gasteiger partial charge in [0.15, 0.2) is 5.75 Å². The summed E-state index contributed by atoms with van der Waals surface area (Å²) in [6.07, 6.45) is 0. The molecule has 0 aromatic heterocycles. The summed E-state index contributed by atoms with van der Waals surface area (Å²) in [6.45, 7) is 4.18. The fraction of sp³-hybridized carbons (Fsp3) is 0.500. The Hall–Kier alpha value is -1.82. The second-order valence-corrected chi connectivity index (χ2v) is 4.23. The molecule has 1 aliphatic heterocycles. The van der Waals surface area contributed by atoms with Crippen LogP contribution >= 0.6 is 0 Å². The zero-order valence-corrected chi connectivity index (χ0v) is 10.5. The monoisotopic (exact) mass is 252 g/mol. The van der Waals surface area contributed by atoms with Crippen molar-refractivity contribution < 1.29 is 14.4 Å². The third-order valence-electron chi connectivity index (χ3n) is 3.06. The largest absolute Gasteiger partial charge is 0.490 e. The van der Waals surface area contributed by atoms with Gasteiger partial charge in [0.2, 0.25) is 0 Å². The highest BCUT2D eigenvalue weighted by Crippen LogP contribution is 2.32. The molecule has 2 rings (SSSR count). The summed E-state index contributed by atoms with van der Waals surface area (Å²) in [7, 11) is 1.44. The fourth-order valence-corrected chi connectivity index (χ4v) is 2.11. The molecule has 0 radical (unpaired) electrons. The molecular formula is C12H16N2O4. The molecule has 1 aliphatic rings. The second kappa shape index (κ2) is 5.22. The predicted molar refractivity (Wildman–Crippen MR) is 67.3 cm³/mol. The van der Waals surface area contributed by atoms with Crippen molar-refractivity contribution in [3.63, 3.8) is 0 Å². The van der Waals surface area contributed by atoms with Crippen LogP contribution in [0.4, 0.5) is 11.4 Å². The minimum atomic E-state index is -0.439. The summed E-state index contributed by atoms with van der Waals surface area (Å²) < 4.78 is 10.4. The van der Waals surface area contributed by atoms with Crippen LogP contribution in [0.2, 0.25) is 0 Å². The van der Waals surface area contributed by atoms with E-state index in [0.717, 1.165) is 12.2 Å². The Bertz CT molecular complexity index is 450. The molecule has 6 heteroatoms. The molecule has 1 heterocycles. The molecule has 1 saturated heterocycles. The first kappa shape index (κ1) is 12.6. The van der Waals surface area contributed by atoms with Crippen LogP contribution in [0, 0.1) is 10.1 Å². The van der Waals surface area contributed by atoms with Crippen molar-refractivity contribution in [1.29, 1.82) is 0 Å². The highest BCUT2D eigenvalue weighted by atomic mass is 16.6. The Balaban J connectivity index is 2.31. The van der Waals surface area contributed by atoms with Crippen LogP contribution < -0.4 is 9.64 Å². The SMILES string of the molecule is COc1cc(N2CCOC[C@H]2C)ccc1[N+](=O)[O-]. The van der Waals surface area contributed by atoms with Crippen molar-refractivity contribution in [2.45, 2.75) is 13.0 Å². The van der Waals surface area contributed by atoms with Crippen molar-refractivity contribution in [2.24, 2.45) is 0 Å². The lowest BCUT2D eigenvalue weighted by Crippen LogP contribution is -2.43. The normalized spacial score (nSPS) is 19.7. The molecule has 0 amide bonds. The van der Waals surface area contributed by atoms with E-state index < -0.39 is 4.92 Å². The van der Waals surface area contributed by atoms with Gasteiger partial charge >= 0.3 is 5.69 Å². The van der Waals surface area contributed by atoms with Gasteiger partial charge in [-0.25, -0.2) is 0 Å². The summed E-state index contributed by atoms with van der Waals surface area (Å²) >= 11 is 0. The minimum absolute atomic E-state index is 0.0119. The maximum atomic E-state index is 10.8. The smallest absolute Gasteiger partial charge is 0.311 e. The molecular weight excluding hydrogens is 236 g/mol. The van der Waals surface area contributed by atoms with Gasteiger partial charge in [-0.3, -0.25) is 10.1 Å². The molecule has 0 N–H and O–H groups in total. The maximum absolute atomic E-state index is 10.8. The zero-order chi connectivity index (χ0) is 13.1. The van der Waals surface area contributed by atoms with E-state index in [9.17, 15) is 10.1 Å². The molecule has 0 saturated carbocycles. The Morgan fingerprint density at radius 3 is 2.94 bits per heavy atom. The summed E-state index contributed by atoms with van der Waals surface area (Å²) in [4.78, 5) is 12.5. The Morgan fingerprint density at radius 1 is 1.56 bits per heavy atom. The molecule has 1 aromatic rings. The summed E-state index contributed by atoms with van der Waals surface area (Å²) in [5.74, 6) is 0.288. The number of nitrogens with zero attached hydrogens (tertiary/aromatic N) is 2. The number of morpholine rings is 1. The molecule has 0 aliphatic carbocycles. The first-order valence-electron chi connectivity index (χ1n) is 5.80. The third-order valence-corrected chi connectivity index (χ3v) is 3.06. The molecule has 0 unspecified atom stereocenters. The summed E-state index contributed by atoms with van der Waals surface area (Å²) in [5.41, 5.74) is 0.912. The van der Waals surface area contributed by atoms with Crippen molar-refractivity contribution in [1.82, 2.24) is 0 Å². The van der Waals surface area contributed by atoms with E-state index in [1.54, 1.807) is 12.1 Å². The number of anilines is 1. The van der Waals surface area contributed by atoms with Crippen LogP contribution in [-0.2, 0) is 4.74 Å². The molecule has 0 bridgehead atoms. The van der Waals surface area contributed by atoms with E-state index in [1.807, 2.05) is 0 Å². The van der Waals surface area contributed by atoms with Crippen molar-refractivity contribution in [2.75, 3.05) is 31.8 Å².